The third-order valence-electron chi connectivity index (χ3n) is 8.06. The molecule has 1 saturated heterocycles. The molecule has 2 N–H and O–H groups in total. The molecule has 37 heavy (non-hydrogen) atoms. The van der Waals surface area contributed by atoms with Crippen LogP contribution in [0.15, 0.2) is 54.7 Å². The summed E-state index contributed by atoms with van der Waals surface area (Å²) in [4.78, 5) is 14.8. The number of para-hydroxylation sites is 1. The molecule has 0 unspecified atom stereocenters. The van der Waals surface area contributed by atoms with Gasteiger partial charge < -0.3 is 20.3 Å². The molecule has 0 atom stereocenters. The van der Waals surface area contributed by atoms with Crippen molar-refractivity contribution in [2.24, 2.45) is 11.1 Å². The van der Waals surface area contributed by atoms with E-state index in [0.29, 0.717) is 6.54 Å². The largest absolute Gasteiger partial charge is 0.497 e. The molecule has 2 aliphatic rings. The van der Waals surface area contributed by atoms with Crippen molar-refractivity contribution < 1.29 is 4.74 Å². The number of hydrogen-bond acceptors (Lipinski definition) is 7. The summed E-state index contributed by atoms with van der Waals surface area (Å²) in [6.07, 6.45) is 6.22. The van der Waals surface area contributed by atoms with Gasteiger partial charge in [-0.1, -0.05) is 37.3 Å². The molecule has 0 amide bonds. The normalized spacial score (nSPS) is 17.2. The molecule has 6 rings (SSSR count). The van der Waals surface area contributed by atoms with E-state index in [0.717, 1.165) is 86.0 Å². The van der Waals surface area contributed by atoms with E-state index in [1.165, 1.54) is 11.3 Å². The van der Waals surface area contributed by atoms with E-state index in [2.05, 4.69) is 53.1 Å². The Morgan fingerprint density at radius 2 is 1.81 bits per heavy atom. The highest BCUT2D eigenvalue weighted by atomic mass is 16.5. The number of anilines is 3. The molecule has 0 radical (unpaired) electrons. The van der Waals surface area contributed by atoms with E-state index in [-0.39, 0.29) is 5.41 Å². The average Bonchev–Trinajstić information content (AvgIpc) is 3.30. The van der Waals surface area contributed by atoms with E-state index in [1.54, 1.807) is 7.11 Å². The summed E-state index contributed by atoms with van der Waals surface area (Å²) in [5, 5.41) is 5.12. The zero-order valence-electron chi connectivity index (χ0n) is 21.7. The van der Waals surface area contributed by atoms with Crippen LogP contribution in [-0.4, -0.2) is 53.0 Å². The van der Waals surface area contributed by atoms with E-state index in [4.69, 9.17) is 25.5 Å². The van der Waals surface area contributed by atoms with Crippen LogP contribution in [0.5, 0.6) is 5.75 Å². The first-order chi connectivity index (χ1) is 18.1. The number of nitrogens with zero attached hydrogens (tertiary/aromatic N) is 6. The highest BCUT2D eigenvalue weighted by molar-refractivity contribution is 5.88. The average molecular weight is 498 g/mol. The number of hydrogen-bond donors (Lipinski definition) is 1. The van der Waals surface area contributed by atoms with Crippen LogP contribution in [0.1, 0.15) is 37.3 Å². The Hall–Kier alpha value is -3.65. The number of fused-ring (bicyclic) bond motifs is 2. The van der Waals surface area contributed by atoms with Gasteiger partial charge in [0.05, 0.1) is 19.9 Å². The second-order valence-electron chi connectivity index (χ2n) is 10.6. The minimum Gasteiger partial charge on any atom is -0.497 e. The van der Waals surface area contributed by atoms with Gasteiger partial charge in [0.15, 0.2) is 17.0 Å². The van der Waals surface area contributed by atoms with Gasteiger partial charge >= 0.3 is 0 Å². The fourth-order valence-corrected chi connectivity index (χ4v) is 5.50. The molecule has 0 saturated carbocycles. The third-order valence-corrected chi connectivity index (χ3v) is 8.06. The number of nitrogens with two attached hydrogens (primary N) is 1. The zero-order valence-corrected chi connectivity index (χ0v) is 21.7. The number of ether oxygens (including phenoxy) is 1. The van der Waals surface area contributed by atoms with Gasteiger partial charge in [-0.15, -0.1) is 0 Å². The summed E-state index contributed by atoms with van der Waals surface area (Å²) < 4.78 is 7.36. The summed E-state index contributed by atoms with van der Waals surface area (Å²) in [6.45, 7) is 6.41. The molecular weight excluding hydrogens is 462 g/mol. The van der Waals surface area contributed by atoms with Crippen molar-refractivity contribution in [1.82, 2.24) is 19.7 Å². The molecule has 192 valence electrons. The van der Waals surface area contributed by atoms with Crippen LogP contribution in [0.4, 0.5) is 17.3 Å². The summed E-state index contributed by atoms with van der Waals surface area (Å²) >= 11 is 0. The molecule has 0 spiro atoms. The van der Waals surface area contributed by atoms with Gasteiger partial charge in [-0.2, -0.15) is 5.10 Å². The molecule has 0 aliphatic carbocycles. The molecule has 1 fully saturated rings. The number of piperidine rings is 1. The van der Waals surface area contributed by atoms with Crippen molar-refractivity contribution in [1.29, 1.82) is 0 Å². The topological polar surface area (TPSA) is 85.3 Å². The molecule has 8 heteroatoms. The number of methoxy groups -OCH3 is 1. The van der Waals surface area contributed by atoms with Crippen molar-refractivity contribution in [3.63, 3.8) is 0 Å². The predicted octanol–water partition coefficient (Wildman–Crippen LogP) is 4.53. The molecule has 2 aliphatic heterocycles. The van der Waals surface area contributed by atoms with Gasteiger partial charge in [0.25, 0.3) is 0 Å². The van der Waals surface area contributed by atoms with Crippen molar-refractivity contribution >= 4 is 28.5 Å². The van der Waals surface area contributed by atoms with Crippen molar-refractivity contribution in [2.75, 3.05) is 43.1 Å². The maximum absolute atomic E-state index is 6.04. The molecule has 8 nitrogen and oxygen atoms in total. The Labute approximate surface area is 218 Å². The lowest BCUT2D eigenvalue weighted by Crippen LogP contribution is -2.42. The molecule has 0 bridgehead atoms. The van der Waals surface area contributed by atoms with Crippen LogP contribution in [0.3, 0.4) is 0 Å². The van der Waals surface area contributed by atoms with Gasteiger partial charge in [0.1, 0.15) is 11.6 Å². The lowest BCUT2D eigenvalue weighted by atomic mass is 9.80. The van der Waals surface area contributed by atoms with Gasteiger partial charge in [0.2, 0.25) is 0 Å². The maximum Gasteiger partial charge on any atom is 0.183 e. The van der Waals surface area contributed by atoms with E-state index in [1.807, 2.05) is 23.0 Å². The van der Waals surface area contributed by atoms with Gasteiger partial charge in [-0.05, 0) is 67.0 Å². The summed E-state index contributed by atoms with van der Waals surface area (Å²) in [6, 6.07) is 16.8. The summed E-state index contributed by atoms with van der Waals surface area (Å²) in [5.74, 6) is 2.63. The van der Waals surface area contributed by atoms with E-state index >= 15 is 0 Å². The zero-order chi connectivity index (χ0) is 25.4. The fraction of sp³-hybridized carbons (Fsp3) is 0.414. The van der Waals surface area contributed by atoms with Crippen molar-refractivity contribution in [3.05, 3.63) is 65.9 Å². The Morgan fingerprint density at radius 3 is 2.57 bits per heavy atom. The van der Waals surface area contributed by atoms with Crippen LogP contribution in [0.2, 0.25) is 0 Å². The summed E-state index contributed by atoms with van der Waals surface area (Å²) in [5.41, 5.74) is 11.6. The Kier molecular flexibility index (Phi) is 6.20. The Balaban J connectivity index is 1.40. The molecule has 4 heterocycles. The molecular formula is C29H35N7O. The van der Waals surface area contributed by atoms with Gasteiger partial charge in [0, 0.05) is 25.3 Å². The van der Waals surface area contributed by atoms with Crippen molar-refractivity contribution in [2.45, 2.75) is 39.2 Å². The quantitative estimate of drug-likeness (QED) is 0.419. The first-order valence-electron chi connectivity index (χ1n) is 13.2. The predicted molar refractivity (Wildman–Crippen MR) is 148 cm³/mol. The van der Waals surface area contributed by atoms with Gasteiger partial charge in [-0.25, -0.2) is 14.6 Å². The van der Waals surface area contributed by atoms with E-state index < -0.39 is 0 Å². The minimum atomic E-state index is 0.207. The third kappa shape index (κ3) is 4.50. The van der Waals surface area contributed by atoms with Gasteiger partial charge in [-0.3, -0.25) is 0 Å². The molecule has 4 aromatic rings. The highest BCUT2D eigenvalue weighted by Gasteiger charge is 2.30. The minimum absolute atomic E-state index is 0.207. The second kappa shape index (κ2) is 9.67. The van der Waals surface area contributed by atoms with E-state index in [9.17, 15) is 0 Å². The maximum atomic E-state index is 6.04. The molecule has 2 aromatic heterocycles. The monoisotopic (exact) mass is 497 g/mol. The smallest absolute Gasteiger partial charge is 0.183 e. The number of aromatic nitrogens is 4. The van der Waals surface area contributed by atoms with Crippen molar-refractivity contribution in [3.8, 4) is 5.75 Å². The standard InChI is InChI=1S/C29H35N7O/c1-29(20-30)13-16-34(17-14-29)25-18-31-26-27(32-25)36(19-21-9-11-23(37-2)12-10-21)33-28(26)35-15-5-7-22-6-3-4-8-24(22)35/h3-4,6,8-12,18H,5,7,13-17,19-20,30H2,1-2H3. The summed E-state index contributed by atoms with van der Waals surface area (Å²) in [7, 11) is 1.69. The number of rotatable bonds is 6. The Morgan fingerprint density at radius 1 is 1.03 bits per heavy atom. The Bertz CT molecular complexity index is 1390. The fourth-order valence-electron chi connectivity index (χ4n) is 5.50. The van der Waals surface area contributed by atoms with Crippen LogP contribution in [0.25, 0.3) is 11.2 Å². The number of aryl methyl sites for hydroxylation is 1. The van der Waals surface area contributed by atoms with Crippen LogP contribution in [-0.2, 0) is 13.0 Å². The number of benzene rings is 2. The molecule has 2 aromatic carbocycles. The first-order valence-corrected chi connectivity index (χ1v) is 13.2. The highest BCUT2D eigenvalue weighted by Crippen LogP contribution is 2.37. The SMILES string of the molecule is COc1ccc(Cn2nc(N3CCCc4ccccc43)c3ncc(N4CCC(C)(CN)CC4)nc32)cc1. The van der Waals surface area contributed by atoms with Crippen LogP contribution >= 0.6 is 0 Å². The van der Waals surface area contributed by atoms with Crippen LogP contribution < -0.4 is 20.3 Å². The van der Waals surface area contributed by atoms with Crippen LogP contribution in [0, 0.1) is 5.41 Å². The lowest BCUT2D eigenvalue weighted by molar-refractivity contribution is 0.258. The first kappa shape index (κ1) is 23.7. The lowest BCUT2D eigenvalue weighted by Gasteiger charge is -2.39. The second-order valence-corrected chi connectivity index (χ2v) is 10.6.